The second-order valence-corrected chi connectivity index (χ2v) is 4.81. The van der Waals surface area contributed by atoms with Gasteiger partial charge >= 0.3 is 5.97 Å². The topological polar surface area (TPSA) is 75.8 Å². The Morgan fingerprint density at radius 2 is 2.16 bits per heavy atom. The van der Waals surface area contributed by atoms with Crippen molar-refractivity contribution in [1.82, 2.24) is 4.90 Å². The first kappa shape index (κ1) is 13.7. The van der Waals surface area contributed by atoms with Crippen LogP contribution in [0.2, 0.25) is 0 Å². The third-order valence-corrected chi connectivity index (χ3v) is 3.51. The molecule has 5 heteroatoms. The highest BCUT2D eigenvalue weighted by Gasteiger charge is 2.21. The lowest BCUT2D eigenvalue weighted by Crippen LogP contribution is -2.38. The molecule has 5 nitrogen and oxygen atoms in total. The number of hydrogen-bond donors (Lipinski definition) is 2. The lowest BCUT2D eigenvalue weighted by molar-refractivity contribution is 0.0678. The van der Waals surface area contributed by atoms with Crippen molar-refractivity contribution in [2.24, 2.45) is 0 Å². The first-order valence-corrected chi connectivity index (χ1v) is 6.62. The first-order chi connectivity index (χ1) is 9.10. The number of nitrogens with two attached hydrogens (primary N) is 1. The number of carboxylic acids is 1. The van der Waals surface area contributed by atoms with Crippen LogP contribution in [-0.2, 0) is 0 Å². The molecule has 0 amide bonds. The number of anilines is 1. The van der Waals surface area contributed by atoms with E-state index >= 15 is 0 Å². The minimum atomic E-state index is -1.01. The van der Waals surface area contributed by atoms with E-state index in [0.29, 0.717) is 11.4 Å². The Labute approximate surface area is 113 Å². The summed E-state index contributed by atoms with van der Waals surface area (Å²) < 4.78 is 5.83. The monoisotopic (exact) mass is 264 g/mol. The van der Waals surface area contributed by atoms with Gasteiger partial charge in [0.2, 0.25) is 0 Å². The van der Waals surface area contributed by atoms with E-state index in [0.717, 1.165) is 32.5 Å². The van der Waals surface area contributed by atoms with E-state index in [1.54, 1.807) is 12.1 Å². The van der Waals surface area contributed by atoms with E-state index in [1.165, 1.54) is 6.07 Å². The molecule has 2 rings (SSSR count). The summed E-state index contributed by atoms with van der Waals surface area (Å²) in [5.74, 6) is -0.593. The molecular formula is C14H20N2O3. The Morgan fingerprint density at radius 1 is 1.47 bits per heavy atom. The molecule has 0 aliphatic carbocycles. The number of nitrogen functional groups attached to an aromatic ring is 1. The quantitative estimate of drug-likeness (QED) is 0.811. The summed E-state index contributed by atoms with van der Waals surface area (Å²) in [5, 5.41) is 9.16. The third kappa shape index (κ3) is 3.38. The molecule has 0 unspecified atom stereocenters. The van der Waals surface area contributed by atoms with Gasteiger partial charge in [0.05, 0.1) is 0 Å². The summed E-state index contributed by atoms with van der Waals surface area (Å²) in [6, 6.07) is 4.76. The normalized spacial score (nSPS) is 17.3. The predicted molar refractivity (Wildman–Crippen MR) is 73.6 cm³/mol. The second-order valence-electron chi connectivity index (χ2n) is 4.81. The number of rotatable bonds is 4. The lowest BCUT2D eigenvalue weighted by Gasteiger charge is -2.31. The van der Waals surface area contributed by atoms with Crippen molar-refractivity contribution in [2.45, 2.75) is 25.9 Å². The molecule has 1 aromatic carbocycles. The molecular weight excluding hydrogens is 244 g/mol. The molecule has 19 heavy (non-hydrogen) atoms. The van der Waals surface area contributed by atoms with Gasteiger partial charge in [0.1, 0.15) is 17.4 Å². The average molecular weight is 264 g/mol. The van der Waals surface area contributed by atoms with Crippen LogP contribution < -0.4 is 10.5 Å². The maximum Gasteiger partial charge on any atom is 0.339 e. The highest BCUT2D eigenvalue weighted by Crippen LogP contribution is 2.25. The Hall–Kier alpha value is -1.75. The van der Waals surface area contributed by atoms with Crippen LogP contribution in [0.5, 0.6) is 5.75 Å². The van der Waals surface area contributed by atoms with Crippen molar-refractivity contribution < 1.29 is 14.6 Å². The minimum Gasteiger partial charge on any atom is -0.489 e. The molecule has 1 aromatic rings. The van der Waals surface area contributed by atoms with Gasteiger partial charge in [0, 0.05) is 18.8 Å². The molecule has 1 saturated heterocycles. The number of likely N-dealkylation sites (tertiary alicyclic amines) is 1. The second kappa shape index (κ2) is 5.93. The molecule has 1 fully saturated rings. The van der Waals surface area contributed by atoms with Gasteiger partial charge < -0.3 is 20.5 Å². The molecule has 3 N–H and O–H groups in total. The summed E-state index contributed by atoms with van der Waals surface area (Å²) in [6.07, 6.45) is 1.94. The van der Waals surface area contributed by atoms with E-state index in [1.807, 2.05) is 0 Å². The SMILES string of the molecule is CCN1CCC(Oc2ccc(N)cc2C(=O)O)CC1. The Morgan fingerprint density at radius 3 is 2.74 bits per heavy atom. The van der Waals surface area contributed by atoms with Gasteiger partial charge in [-0.05, 0) is 37.6 Å². The van der Waals surface area contributed by atoms with E-state index < -0.39 is 5.97 Å². The summed E-state index contributed by atoms with van der Waals surface area (Å²) in [6.45, 7) is 5.19. The van der Waals surface area contributed by atoms with E-state index in [4.69, 9.17) is 15.6 Å². The van der Waals surface area contributed by atoms with Gasteiger partial charge in [-0.3, -0.25) is 0 Å². The van der Waals surface area contributed by atoms with Gasteiger partial charge in [0.25, 0.3) is 0 Å². The number of aromatic carboxylic acids is 1. The molecule has 1 heterocycles. The number of carboxylic acid groups (broad SMARTS) is 1. The summed E-state index contributed by atoms with van der Waals surface area (Å²) in [4.78, 5) is 13.5. The number of carbonyl (C=O) groups is 1. The number of hydrogen-bond acceptors (Lipinski definition) is 4. The first-order valence-electron chi connectivity index (χ1n) is 6.62. The fraction of sp³-hybridized carbons (Fsp3) is 0.500. The maximum absolute atomic E-state index is 11.2. The number of piperidine rings is 1. The van der Waals surface area contributed by atoms with Crippen LogP contribution in [0.1, 0.15) is 30.1 Å². The van der Waals surface area contributed by atoms with Crippen LogP contribution >= 0.6 is 0 Å². The smallest absolute Gasteiger partial charge is 0.339 e. The van der Waals surface area contributed by atoms with Gasteiger partial charge in [-0.1, -0.05) is 6.92 Å². The Bertz CT molecular complexity index is 454. The number of ether oxygens (including phenoxy) is 1. The summed E-state index contributed by atoms with van der Waals surface area (Å²) in [5.41, 5.74) is 6.18. The minimum absolute atomic E-state index is 0.0875. The van der Waals surface area contributed by atoms with Crippen molar-refractivity contribution in [3.8, 4) is 5.75 Å². The van der Waals surface area contributed by atoms with Crippen LogP contribution in [0.25, 0.3) is 0 Å². The fourth-order valence-electron chi connectivity index (χ4n) is 2.34. The van der Waals surface area contributed by atoms with Gasteiger partial charge in [-0.25, -0.2) is 4.79 Å². The van der Waals surface area contributed by atoms with Gasteiger partial charge in [-0.15, -0.1) is 0 Å². The zero-order valence-electron chi connectivity index (χ0n) is 11.1. The molecule has 1 aliphatic rings. The van der Waals surface area contributed by atoms with Crippen molar-refractivity contribution in [1.29, 1.82) is 0 Å². The average Bonchev–Trinajstić information content (AvgIpc) is 2.41. The van der Waals surface area contributed by atoms with E-state index in [2.05, 4.69) is 11.8 Å². The zero-order chi connectivity index (χ0) is 13.8. The van der Waals surface area contributed by atoms with Gasteiger partial charge in [-0.2, -0.15) is 0 Å². The molecule has 0 saturated carbocycles. The Kier molecular flexibility index (Phi) is 4.27. The summed E-state index contributed by atoms with van der Waals surface area (Å²) >= 11 is 0. The van der Waals surface area contributed by atoms with Crippen LogP contribution in [0, 0.1) is 0 Å². The zero-order valence-corrected chi connectivity index (χ0v) is 11.1. The van der Waals surface area contributed by atoms with Crippen molar-refractivity contribution in [2.75, 3.05) is 25.4 Å². The summed E-state index contributed by atoms with van der Waals surface area (Å²) in [7, 11) is 0. The molecule has 104 valence electrons. The number of nitrogens with zero attached hydrogens (tertiary/aromatic N) is 1. The predicted octanol–water partition coefficient (Wildman–Crippen LogP) is 1.83. The standard InChI is InChI=1S/C14H20N2O3/c1-2-16-7-5-11(6-8-16)19-13-4-3-10(15)9-12(13)14(17)18/h3-4,9,11H,2,5-8,15H2,1H3,(H,17,18). The van der Waals surface area contributed by atoms with Crippen molar-refractivity contribution >= 4 is 11.7 Å². The molecule has 0 aromatic heterocycles. The molecule has 0 atom stereocenters. The van der Waals surface area contributed by atoms with Crippen molar-refractivity contribution in [3.63, 3.8) is 0 Å². The third-order valence-electron chi connectivity index (χ3n) is 3.51. The molecule has 0 spiro atoms. The van der Waals surface area contributed by atoms with Crippen LogP contribution in [-0.4, -0.2) is 41.7 Å². The largest absolute Gasteiger partial charge is 0.489 e. The molecule has 0 radical (unpaired) electrons. The molecule has 0 bridgehead atoms. The highest BCUT2D eigenvalue weighted by molar-refractivity contribution is 5.92. The van der Waals surface area contributed by atoms with Gasteiger partial charge in [0.15, 0.2) is 0 Å². The van der Waals surface area contributed by atoms with Crippen LogP contribution in [0.15, 0.2) is 18.2 Å². The molecule has 1 aliphatic heterocycles. The van der Waals surface area contributed by atoms with E-state index in [-0.39, 0.29) is 11.7 Å². The Balaban J connectivity index is 2.05. The fourth-order valence-corrected chi connectivity index (χ4v) is 2.34. The van der Waals surface area contributed by atoms with Crippen molar-refractivity contribution in [3.05, 3.63) is 23.8 Å². The number of benzene rings is 1. The van der Waals surface area contributed by atoms with Crippen LogP contribution in [0.3, 0.4) is 0 Å². The van der Waals surface area contributed by atoms with Crippen LogP contribution in [0.4, 0.5) is 5.69 Å². The van der Waals surface area contributed by atoms with E-state index in [9.17, 15) is 4.79 Å². The highest BCUT2D eigenvalue weighted by atomic mass is 16.5. The lowest BCUT2D eigenvalue weighted by atomic mass is 10.1. The maximum atomic E-state index is 11.2.